The molecular formula is C38H71O8P. The fraction of sp³-hybridized carbons (Fsp3) is 0.842. The predicted molar refractivity (Wildman–Crippen MR) is 193 cm³/mol. The van der Waals surface area contributed by atoms with Crippen molar-refractivity contribution >= 4 is 19.8 Å². The van der Waals surface area contributed by atoms with E-state index in [2.05, 4.69) is 18.4 Å². The Balaban J connectivity index is 4.04. The molecule has 0 aliphatic carbocycles. The van der Waals surface area contributed by atoms with Crippen molar-refractivity contribution in [2.75, 3.05) is 13.2 Å². The van der Waals surface area contributed by atoms with Crippen molar-refractivity contribution < 1.29 is 37.9 Å². The summed E-state index contributed by atoms with van der Waals surface area (Å²) in [5.41, 5.74) is 0. The standard InChI is InChI=1S/C38H71O8P/c1-3-5-7-9-11-13-15-17-19-21-22-24-26-28-30-32-37(39)44-34-36(35-45-47(41,42)43)46-38(40)33-31-29-27-25-23-20-18-16-14-12-10-8-6-4-2/h26,28,30,32,36H,3-25,27,29,31,33-35H2,1-2H3,(H2,41,42,43)/b28-26+,32-30+/t36-/m1/s1. The second-order valence-electron chi connectivity index (χ2n) is 13.0. The third kappa shape index (κ3) is 37.2. The Morgan fingerprint density at radius 1 is 0.596 bits per heavy atom. The van der Waals surface area contributed by atoms with Crippen LogP contribution >= 0.6 is 7.82 Å². The summed E-state index contributed by atoms with van der Waals surface area (Å²) in [5, 5.41) is 0. The third-order valence-corrected chi connectivity index (χ3v) is 8.81. The molecule has 0 spiro atoms. The first-order valence-electron chi connectivity index (χ1n) is 19.2. The van der Waals surface area contributed by atoms with E-state index in [0.717, 1.165) is 32.1 Å². The molecule has 0 heterocycles. The normalized spacial score (nSPS) is 12.7. The van der Waals surface area contributed by atoms with Gasteiger partial charge in [-0.1, -0.05) is 180 Å². The molecule has 276 valence electrons. The van der Waals surface area contributed by atoms with E-state index in [1.54, 1.807) is 6.08 Å². The Kier molecular flexibility index (Phi) is 33.3. The summed E-state index contributed by atoms with van der Waals surface area (Å²) in [5.74, 6) is -1.13. The van der Waals surface area contributed by atoms with Crippen molar-refractivity contribution in [2.45, 2.75) is 193 Å². The van der Waals surface area contributed by atoms with Gasteiger partial charge in [-0.2, -0.15) is 0 Å². The van der Waals surface area contributed by atoms with Gasteiger partial charge in [0.15, 0.2) is 6.10 Å². The summed E-state index contributed by atoms with van der Waals surface area (Å²) in [6, 6.07) is 0. The molecule has 0 amide bonds. The van der Waals surface area contributed by atoms with Crippen molar-refractivity contribution in [1.29, 1.82) is 0 Å². The second-order valence-corrected chi connectivity index (χ2v) is 14.2. The highest BCUT2D eigenvalue weighted by molar-refractivity contribution is 7.46. The maximum atomic E-state index is 12.3. The highest BCUT2D eigenvalue weighted by atomic mass is 31.2. The fourth-order valence-corrected chi connectivity index (χ4v) is 5.82. The minimum atomic E-state index is -4.76. The van der Waals surface area contributed by atoms with E-state index >= 15 is 0 Å². The van der Waals surface area contributed by atoms with Crippen LogP contribution in [0.5, 0.6) is 0 Å². The number of unbranched alkanes of at least 4 members (excludes halogenated alkanes) is 24. The van der Waals surface area contributed by atoms with Crippen molar-refractivity contribution in [3.63, 3.8) is 0 Å². The molecule has 0 rings (SSSR count). The molecule has 8 nitrogen and oxygen atoms in total. The Bertz CT molecular complexity index is 823. The van der Waals surface area contributed by atoms with Crippen molar-refractivity contribution in [1.82, 2.24) is 0 Å². The lowest BCUT2D eigenvalue weighted by molar-refractivity contribution is -0.159. The number of carbonyl (C=O) groups excluding carboxylic acids is 2. The van der Waals surface area contributed by atoms with E-state index in [0.29, 0.717) is 6.42 Å². The summed E-state index contributed by atoms with van der Waals surface area (Å²) in [6.07, 6.45) is 38.1. The molecule has 0 aromatic rings. The molecule has 0 unspecified atom stereocenters. The van der Waals surface area contributed by atoms with E-state index in [9.17, 15) is 14.2 Å². The number of carbonyl (C=O) groups is 2. The Labute approximate surface area is 288 Å². The first-order valence-corrected chi connectivity index (χ1v) is 20.7. The van der Waals surface area contributed by atoms with Gasteiger partial charge in [-0.15, -0.1) is 0 Å². The van der Waals surface area contributed by atoms with E-state index in [1.807, 2.05) is 12.2 Å². The van der Waals surface area contributed by atoms with Crippen molar-refractivity contribution in [2.24, 2.45) is 0 Å². The van der Waals surface area contributed by atoms with Gasteiger partial charge in [-0.25, -0.2) is 9.36 Å². The molecule has 0 aromatic heterocycles. The molecule has 0 aromatic carbocycles. The maximum absolute atomic E-state index is 12.3. The van der Waals surface area contributed by atoms with Gasteiger partial charge < -0.3 is 19.3 Å². The zero-order chi connectivity index (χ0) is 34.7. The molecule has 1 atom stereocenters. The van der Waals surface area contributed by atoms with Gasteiger partial charge in [0.1, 0.15) is 6.61 Å². The molecule has 0 aliphatic heterocycles. The van der Waals surface area contributed by atoms with Crippen LogP contribution in [0.15, 0.2) is 24.3 Å². The molecule has 0 fully saturated rings. The van der Waals surface area contributed by atoms with Crippen LogP contribution in [-0.4, -0.2) is 41.0 Å². The first kappa shape index (κ1) is 45.5. The van der Waals surface area contributed by atoms with Crippen LogP contribution in [0, 0.1) is 0 Å². The number of hydrogen-bond donors (Lipinski definition) is 2. The topological polar surface area (TPSA) is 119 Å². The van der Waals surface area contributed by atoms with Crippen molar-refractivity contribution in [3.05, 3.63) is 24.3 Å². The summed E-state index contributed by atoms with van der Waals surface area (Å²) >= 11 is 0. The Hall–Kier alpha value is -1.47. The number of esters is 2. The molecule has 0 saturated carbocycles. The molecule has 0 aliphatic rings. The van der Waals surface area contributed by atoms with Crippen LogP contribution in [0.1, 0.15) is 187 Å². The van der Waals surface area contributed by atoms with Gasteiger partial charge in [0.2, 0.25) is 0 Å². The van der Waals surface area contributed by atoms with E-state index < -0.39 is 32.5 Å². The SMILES string of the molecule is CCCCCCCCCCCCC/C=C/C=C/C(=O)OC[C@H](COP(=O)(O)O)OC(=O)CCCCCCCCCCCCCCCC. The average molecular weight is 687 g/mol. The highest BCUT2D eigenvalue weighted by Gasteiger charge is 2.22. The van der Waals surface area contributed by atoms with E-state index in [1.165, 1.54) is 134 Å². The average Bonchev–Trinajstić information content (AvgIpc) is 3.03. The molecule has 2 N–H and O–H groups in total. The number of rotatable bonds is 35. The zero-order valence-electron chi connectivity index (χ0n) is 30.2. The van der Waals surface area contributed by atoms with Crippen LogP contribution in [0.25, 0.3) is 0 Å². The van der Waals surface area contributed by atoms with Gasteiger partial charge in [-0.3, -0.25) is 9.32 Å². The number of allylic oxidation sites excluding steroid dienone is 3. The zero-order valence-corrected chi connectivity index (χ0v) is 31.1. The van der Waals surface area contributed by atoms with E-state index in [4.69, 9.17) is 19.3 Å². The quantitative estimate of drug-likeness (QED) is 0.0222. The molecule has 47 heavy (non-hydrogen) atoms. The first-order chi connectivity index (χ1) is 22.8. The largest absolute Gasteiger partial charge is 0.469 e. The predicted octanol–water partition coefficient (Wildman–Crippen LogP) is 11.2. The van der Waals surface area contributed by atoms with Crippen LogP contribution in [0.2, 0.25) is 0 Å². The minimum Gasteiger partial charge on any atom is -0.458 e. The summed E-state index contributed by atoms with van der Waals surface area (Å²) in [6.45, 7) is 3.58. The van der Waals surface area contributed by atoms with Gasteiger partial charge in [0.05, 0.1) is 6.61 Å². The Morgan fingerprint density at radius 3 is 1.47 bits per heavy atom. The van der Waals surface area contributed by atoms with Gasteiger partial charge in [0.25, 0.3) is 0 Å². The van der Waals surface area contributed by atoms with Crippen LogP contribution in [-0.2, 0) is 28.2 Å². The Morgan fingerprint density at radius 2 is 1.02 bits per heavy atom. The molecule has 9 heteroatoms. The second kappa shape index (κ2) is 34.4. The van der Waals surface area contributed by atoms with E-state index in [-0.39, 0.29) is 13.0 Å². The smallest absolute Gasteiger partial charge is 0.458 e. The number of phosphoric ester groups is 1. The molecule has 0 saturated heterocycles. The molecule has 0 radical (unpaired) electrons. The van der Waals surface area contributed by atoms with Gasteiger partial charge in [0, 0.05) is 12.5 Å². The van der Waals surface area contributed by atoms with Crippen LogP contribution < -0.4 is 0 Å². The highest BCUT2D eigenvalue weighted by Crippen LogP contribution is 2.36. The number of ether oxygens (including phenoxy) is 2. The third-order valence-electron chi connectivity index (χ3n) is 8.33. The minimum absolute atomic E-state index is 0.197. The summed E-state index contributed by atoms with van der Waals surface area (Å²) < 4.78 is 26.1. The number of phosphoric acid groups is 1. The van der Waals surface area contributed by atoms with Crippen molar-refractivity contribution in [3.8, 4) is 0 Å². The monoisotopic (exact) mass is 686 g/mol. The lowest BCUT2D eigenvalue weighted by Gasteiger charge is -2.18. The molecule has 0 bridgehead atoms. The lowest BCUT2D eigenvalue weighted by Crippen LogP contribution is -2.29. The number of hydrogen-bond acceptors (Lipinski definition) is 6. The molecular weight excluding hydrogens is 615 g/mol. The van der Waals surface area contributed by atoms with Gasteiger partial charge >= 0.3 is 19.8 Å². The summed E-state index contributed by atoms with van der Waals surface area (Å²) in [7, 11) is -4.76. The van der Waals surface area contributed by atoms with Crippen LogP contribution in [0.3, 0.4) is 0 Å². The fourth-order valence-electron chi connectivity index (χ4n) is 5.46. The van der Waals surface area contributed by atoms with Crippen LogP contribution in [0.4, 0.5) is 0 Å². The van der Waals surface area contributed by atoms with Gasteiger partial charge in [-0.05, 0) is 19.3 Å². The lowest BCUT2D eigenvalue weighted by atomic mass is 10.0. The summed E-state index contributed by atoms with van der Waals surface area (Å²) in [4.78, 5) is 42.5. The maximum Gasteiger partial charge on any atom is 0.469 e.